The number of rotatable bonds is 5. The van der Waals surface area contributed by atoms with Crippen molar-refractivity contribution in [2.75, 3.05) is 26.2 Å². The van der Waals surface area contributed by atoms with Crippen LogP contribution in [-0.2, 0) is 21.4 Å². The molecule has 0 aliphatic carbocycles. The van der Waals surface area contributed by atoms with Crippen molar-refractivity contribution in [3.63, 3.8) is 0 Å². The number of benzene rings is 1. The minimum Gasteiger partial charge on any atom is -0.450 e. The number of carbonyl (C=O) groups is 2. The number of nitrogens with one attached hydrogen (secondary N) is 1. The largest absolute Gasteiger partial charge is 0.450 e. The molecule has 28 heavy (non-hydrogen) atoms. The van der Waals surface area contributed by atoms with Crippen LogP contribution in [0.25, 0.3) is 0 Å². The summed E-state index contributed by atoms with van der Waals surface area (Å²) >= 11 is 0. The third-order valence-electron chi connectivity index (χ3n) is 5.63. The number of hydrogen-bond acceptors (Lipinski definition) is 3. The zero-order valence-corrected chi connectivity index (χ0v) is 18.4. The van der Waals surface area contributed by atoms with Gasteiger partial charge in [0.15, 0.2) is 0 Å². The maximum atomic E-state index is 12.5. The lowest BCUT2D eigenvalue weighted by Gasteiger charge is -2.30. The molecule has 156 valence electrons. The fourth-order valence-corrected chi connectivity index (χ4v) is 3.81. The molecule has 0 aromatic heterocycles. The van der Waals surface area contributed by atoms with Crippen molar-refractivity contribution in [3.8, 4) is 0 Å². The van der Waals surface area contributed by atoms with E-state index in [4.69, 9.17) is 4.74 Å². The van der Waals surface area contributed by atoms with E-state index >= 15 is 0 Å². The highest BCUT2D eigenvalue weighted by molar-refractivity contribution is 5.79. The summed E-state index contributed by atoms with van der Waals surface area (Å²) in [5, 5.41) is 3.10. The Morgan fingerprint density at radius 2 is 1.71 bits per heavy atom. The van der Waals surface area contributed by atoms with E-state index in [0.717, 1.165) is 6.42 Å². The number of hydrogen-bond donors (Lipinski definition) is 1. The van der Waals surface area contributed by atoms with Gasteiger partial charge in [-0.25, -0.2) is 4.79 Å². The van der Waals surface area contributed by atoms with Crippen molar-refractivity contribution in [2.45, 2.75) is 66.2 Å². The first-order valence-electron chi connectivity index (χ1n) is 10.4. The second-order valence-corrected chi connectivity index (χ2v) is 8.84. The molecule has 0 atom stereocenters. The van der Waals surface area contributed by atoms with E-state index in [1.54, 1.807) is 11.8 Å². The SMILES string of the molecule is CCOC(=O)N1CCC(C(=O)NCCc2c(C)cc(C(C)(C)C)cc2C)CC1. The smallest absolute Gasteiger partial charge is 0.409 e. The molecule has 2 amide bonds. The lowest BCUT2D eigenvalue weighted by molar-refractivity contribution is -0.126. The Morgan fingerprint density at radius 3 is 2.21 bits per heavy atom. The first-order chi connectivity index (χ1) is 13.1. The minimum absolute atomic E-state index is 0.0175. The van der Waals surface area contributed by atoms with Gasteiger partial charge in [0.25, 0.3) is 0 Å². The van der Waals surface area contributed by atoms with Crippen molar-refractivity contribution in [2.24, 2.45) is 5.92 Å². The predicted octanol–water partition coefficient (Wildman–Crippen LogP) is 4.13. The molecular weight excluding hydrogens is 352 g/mol. The van der Waals surface area contributed by atoms with E-state index in [1.807, 2.05) is 0 Å². The lowest BCUT2D eigenvalue weighted by Crippen LogP contribution is -2.43. The van der Waals surface area contributed by atoms with Crippen LogP contribution in [0, 0.1) is 19.8 Å². The molecule has 1 aromatic carbocycles. The quantitative estimate of drug-likeness (QED) is 0.825. The molecule has 5 heteroatoms. The van der Waals surface area contributed by atoms with E-state index in [9.17, 15) is 9.59 Å². The van der Waals surface area contributed by atoms with Crippen molar-refractivity contribution in [3.05, 3.63) is 34.4 Å². The van der Waals surface area contributed by atoms with Gasteiger partial charge >= 0.3 is 6.09 Å². The normalized spacial score (nSPS) is 15.4. The Labute approximate surface area is 169 Å². The Morgan fingerprint density at radius 1 is 1.14 bits per heavy atom. The highest BCUT2D eigenvalue weighted by Gasteiger charge is 2.27. The van der Waals surface area contributed by atoms with Crippen LogP contribution in [0.5, 0.6) is 0 Å². The second-order valence-electron chi connectivity index (χ2n) is 8.84. The van der Waals surface area contributed by atoms with Gasteiger partial charge in [0, 0.05) is 25.6 Å². The van der Waals surface area contributed by atoms with Gasteiger partial charge < -0.3 is 15.0 Å². The maximum Gasteiger partial charge on any atom is 0.409 e. The number of amides is 2. The van der Waals surface area contributed by atoms with Gasteiger partial charge in [-0.1, -0.05) is 32.9 Å². The molecule has 1 aliphatic heterocycles. The van der Waals surface area contributed by atoms with Crippen molar-refractivity contribution in [1.29, 1.82) is 0 Å². The molecule has 2 rings (SSSR count). The van der Waals surface area contributed by atoms with Crippen molar-refractivity contribution in [1.82, 2.24) is 10.2 Å². The van der Waals surface area contributed by atoms with Crippen LogP contribution in [0.2, 0.25) is 0 Å². The Bertz CT molecular complexity index is 675. The zero-order chi connectivity index (χ0) is 20.9. The van der Waals surface area contributed by atoms with Crippen molar-refractivity contribution >= 4 is 12.0 Å². The van der Waals surface area contributed by atoms with Gasteiger partial charge in [-0.05, 0) is 67.7 Å². The molecule has 1 aliphatic rings. The lowest BCUT2D eigenvalue weighted by atomic mass is 9.83. The third-order valence-corrected chi connectivity index (χ3v) is 5.63. The third kappa shape index (κ3) is 5.73. The zero-order valence-electron chi connectivity index (χ0n) is 18.4. The summed E-state index contributed by atoms with van der Waals surface area (Å²) in [5.41, 5.74) is 5.40. The molecule has 1 fully saturated rings. The molecule has 1 saturated heterocycles. The van der Waals surface area contributed by atoms with Crippen LogP contribution in [0.4, 0.5) is 4.79 Å². The van der Waals surface area contributed by atoms with Gasteiger partial charge in [0.2, 0.25) is 5.91 Å². The van der Waals surface area contributed by atoms with Crippen LogP contribution >= 0.6 is 0 Å². The van der Waals surface area contributed by atoms with E-state index in [-0.39, 0.29) is 23.3 Å². The van der Waals surface area contributed by atoms with Crippen LogP contribution < -0.4 is 5.32 Å². The molecule has 0 radical (unpaired) electrons. The molecule has 0 saturated carbocycles. The molecule has 1 heterocycles. The van der Waals surface area contributed by atoms with Crippen LogP contribution in [-0.4, -0.2) is 43.1 Å². The average Bonchev–Trinajstić information content (AvgIpc) is 2.63. The predicted molar refractivity (Wildman–Crippen MR) is 113 cm³/mol. The monoisotopic (exact) mass is 388 g/mol. The van der Waals surface area contributed by atoms with Gasteiger partial charge in [-0.2, -0.15) is 0 Å². The minimum atomic E-state index is -0.272. The molecular formula is C23H36N2O3. The van der Waals surface area contributed by atoms with Crippen LogP contribution in [0.3, 0.4) is 0 Å². The summed E-state index contributed by atoms with van der Waals surface area (Å²) in [5.74, 6) is 0.0845. The Balaban J connectivity index is 1.84. The van der Waals surface area contributed by atoms with Crippen LogP contribution in [0.15, 0.2) is 12.1 Å². The molecule has 1 aromatic rings. The number of likely N-dealkylation sites (tertiary alicyclic amines) is 1. The van der Waals surface area contributed by atoms with Crippen molar-refractivity contribution < 1.29 is 14.3 Å². The van der Waals surface area contributed by atoms with Gasteiger partial charge in [0.1, 0.15) is 0 Å². The van der Waals surface area contributed by atoms with Crippen LogP contribution in [0.1, 0.15) is 62.8 Å². The maximum absolute atomic E-state index is 12.5. The summed E-state index contributed by atoms with van der Waals surface area (Å²) in [4.78, 5) is 25.9. The molecule has 5 nitrogen and oxygen atoms in total. The van der Waals surface area contributed by atoms with E-state index in [1.165, 1.54) is 22.3 Å². The molecule has 1 N–H and O–H groups in total. The average molecular weight is 389 g/mol. The fraction of sp³-hybridized carbons (Fsp3) is 0.652. The highest BCUT2D eigenvalue weighted by Crippen LogP contribution is 2.27. The van der Waals surface area contributed by atoms with E-state index < -0.39 is 0 Å². The Kier molecular flexibility index (Phi) is 7.50. The Hall–Kier alpha value is -2.04. The number of ether oxygens (including phenoxy) is 1. The van der Waals surface area contributed by atoms with Gasteiger partial charge in [0.05, 0.1) is 6.61 Å². The summed E-state index contributed by atoms with van der Waals surface area (Å²) < 4.78 is 5.03. The number of aryl methyl sites for hydroxylation is 2. The number of carbonyl (C=O) groups excluding carboxylic acids is 2. The number of nitrogens with zero attached hydrogens (tertiary/aromatic N) is 1. The number of piperidine rings is 1. The van der Waals surface area contributed by atoms with E-state index in [2.05, 4.69) is 52.1 Å². The first-order valence-corrected chi connectivity index (χ1v) is 10.4. The summed E-state index contributed by atoms with van der Waals surface area (Å²) in [6, 6.07) is 4.55. The molecule has 0 spiro atoms. The van der Waals surface area contributed by atoms with Gasteiger partial charge in [-0.15, -0.1) is 0 Å². The topological polar surface area (TPSA) is 58.6 Å². The summed E-state index contributed by atoms with van der Waals surface area (Å²) in [6.07, 6.45) is 1.97. The first kappa shape index (κ1) is 22.3. The standard InChI is InChI=1S/C23H36N2O3/c1-7-28-22(27)25-12-9-18(10-13-25)21(26)24-11-8-20-16(2)14-19(15-17(20)3)23(4,5)6/h14-15,18H,7-13H2,1-6H3,(H,24,26). The molecule has 0 unspecified atom stereocenters. The fourth-order valence-electron chi connectivity index (χ4n) is 3.81. The summed E-state index contributed by atoms with van der Waals surface area (Å²) in [6.45, 7) is 15.0. The van der Waals surface area contributed by atoms with E-state index in [0.29, 0.717) is 39.1 Å². The summed E-state index contributed by atoms with van der Waals surface area (Å²) in [7, 11) is 0. The highest BCUT2D eigenvalue weighted by atomic mass is 16.6. The molecule has 0 bridgehead atoms. The van der Waals surface area contributed by atoms with Gasteiger partial charge in [-0.3, -0.25) is 4.79 Å². The second kappa shape index (κ2) is 9.44.